The summed E-state index contributed by atoms with van der Waals surface area (Å²) in [6.07, 6.45) is 0. The molecule has 0 aliphatic rings. The van der Waals surface area contributed by atoms with Crippen LogP contribution >= 0.6 is 11.6 Å². The maximum absolute atomic E-state index is 6.03. The molecule has 0 radical (unpaired) electrons. The first-order chi connectivity index (χ1) is 5.04. The second kappa shape index (κ2) is 3.87. The lowest BCUT2D eigenvalue weighted by molar-refractivity contribution is -0.255. The highest BCUT2D eigenvalue weighted by molar-refractivity contribution is 6.32. The summed E-state index contributed by atoms with van der Waals surface area (Å²) in [7, 11) is 0. The van der Waals surface area contributed by atoms with Crippen LogP contribution in [0, 0.1) is 20.8 Å². The number of benzene rings is 1. The Morgan fingerprint density at radius 3 is 2.17 bits per heavy atom. The molecule has 3 N–H and O–H groups in total. The molecule has 3 heteroatoms. The summed E-state index contributed by atoms with van der Waals surface area (Å²) in [4.78, 5) is 0. The van der Waals surface area contributed by atoms with Crippen molar-refractivity contribution in [2.45, 2.75) is 20.8 Å². The maximum atomic E-state index is 6.03. The number of halogens is 2. The zero-order chi connectivity index (χ0) is 8.59. The highest BCUT2D eigenvalue weighted by atomic mass is 35.5. The molecule has 1 aromatic rings. The van der Waals surface area contributed by atoms with E-state index < -0.39 is 0 Å². The summed E-state index contributed by atoms with van der Waals surface area (Å²) in [5, 5.41) is 0.870. The molecule has 0 saturated carbocycles. The Bertz CT molecular complexity index is 271. The van der Waals surface area contributed by atoms with Crippen LogP contribution in [0.3, 0.4) is 0 Å². The quantitative estimate of drug-likeness (QED) is 0.551. The standard InChI is InChI=1S/C9H12ClN.FH/c1-5-4-8(11)6(2)7(3)9(5)10;/h4H,11H2,1-3H3;1H. The van der Waals surface area contributed by atoms with Gasteiger partial charge in [0.2, 0.25) is 0 Å². The molecule has 0 heterocycles. The Morgan fingerprint density at radius 2 is 1.67 bits per heavy atom. The molecule has 1 nitrogen and oxygen atoms in total. The lowest BCUT2D eigenvalue weighted by atomic mass is 10.0. The molecule has 0 spiro atoms. The summed E-state index contributed by atoms with van der Waals surface area (Å²) >= 11 is 6.03. The molecule has 0 fully saturated rings. The molecular weight excluding hydrogens is 177 g/mol. The van der Waals surface area contributed by atoms with Gasteiger partial charge >= 0.3 is 0 Å². The Labute approximate surface area is 76.9 Å². The van der Waals surface area contributed by atoms with Gasteiger partial charge in [0, 0.05) is 16.7 Å². The van der Waals surface area contributed by atoms with Crippen LogP contribution in [0.25, 0.3) is 0 Å². The van der Waals surface area contributed by atoms with Crippen LogP contribution in [0.1, 0.15) is 16.7 Å². The van der Waals surface area contributed by atoms with Gasteiger partial charge in [-0.05, 0) is 31.9 Å². The predicted molar refractivity (Wildman–Crippen MR) is 48.2 cm³/mol. The van der Waals surface area contributed by atoms with E-state index >= 15 is 0 Å². The summed E-state index contributed by atoms with van der Waals surface area (Å²) in [6, 6.07) is 2.02. The zero-order valence-corrected chi connectivity index (χ0v) is 8.30. The van der Waals surface area contributed by atoms with E-state index in [4.69, 9.17) is 11.6 Å². The first-order valence-corrected chi connectivity index (χ1v) is 4.00. The summed E-state index contributed by atoms with van der Waals surface area (Å²) in [5.41, 5.74) is 8.45. The van der Waals surface area contributed by atoms with E-state index in [2.05, 4.69) is 5.73 Å². The van der Waals surface area contributed by atoms with Crippen LogP contribution in [0.5, 0.6) is 0 Å². The van der Waals surface area contributed by atoms with Gasteiger partial charge in [0.1, 0.15) is 5.69 Å². The van der Waals surface area contributed by atoms with Gasteiger partial charge < -0.3 is 10.4 Å². The highest BCUT2D eigenvalue weighted by Gasteiger charge is 2.07. The average molecular weight is 190 g/mol. The second-order valence-corrected chi connectivity index (χ2v) is 3.29. The Hall–Kier alpha value is -0.600. The van der Waals surface area contributed by atoms with Crippen molar-refractivity contribution >= 4 is 17.3 Å². The minimum Gasteiger partial charge on any atom is -1.00 e. The summed E-state index contributed by atoms with van der Waals surface area (Å²) < 4.78 is 0. The molecule has 1 rings (SSSR count). The van der Waals surface area contributed by atoms with E-state index in [0.29, 0.717) is 0 Å². The van der Waals surface area contributed by atoms with Crippen molar-refractivity contribution in [1.82, 2.24) is 0 Å². The normalized spacial score (nSPS) is 9.42. The van der Waals surface area contributed by atoms with Gasteiger partial charge in [0.05, 0.1) is 0 Å². The maximum Gasteiger partial charge on any atom is 0.131 e. The van der Waals surface area contributed by atoms with Crippen LogP contribution in [-0.4, -0.2) is 0 Å². The third-order valence-corrected chi connectivity index (χ3v) is 2.69. The van der Waals surface area contributed by atoms with Gasteiger partial charge in [-0.1, -0.05) is 11.6 Å². The molecule has 12 heavy (non-hydrogen) atoms. The van der Waals surface area contributed by atoms with Gasteiger partial charge in [0.25, 0.3) is 0 Å². The van der Waals surface area contributed by atoms with Gasteiger partial charge in [0.15, 0.2) is 0 Å². The minimum absolute atomic E-state index is 0. The number of hydrogen-bond acceptors (Lipinski definition) is 0. The van der Waals surface area contributed by atoms with E-state index in [-0.39, 0.29) is 4.70 Å². The summed E-state index contributed by atoms with van der Waals surface area (Å²) in [6.45, 7) is 6.08. The van der Waals surface area contributed by atoms with Crippen LogP contribution in [0.2, 0.25) is 5.02 Å². The first kappa shape index (κ1) is 11.4. The van der Waals surface area contributed by atoms with E-state index in [1.54, 1.807) is 0 Å². The predicted octanol–water partition coefficient (Wildman–Crippen LogP) is -0.857. The monoisotopic (exact) mass is 189 g/mol. The molecule has 0 aliphatic heterocycles. The number of rotatable bonds is 0. The van der Waals surface area contributed by atoms with Crippen molar-refractivity contribution in [3.8, 4) is 0 Å². The smallest absolute Gasteiger partial charge is 0.131 e. The van der Waals surface area contributed by atoms with E-state index in [1.165, 1.54) is 5.56 Å². The van der Waals surface area contributed by atoms with Crippen molar-refractivity contribution < 1.29 is 10.4 Å². The van der Waals surface area contributed by atoms with Crippen LogP contribution < -0.4 is 10.4 Å². The largest absolute Gasteiger partial charge is 1.00 e. The number of aryl methyl sites for hydroxylation is 1. The van der Waals surface area contributed by atoms with Gasteiger partial charge in [-0.15, -0.1) is 0 Å². The molecule has 1 aromatic carbocycles. The Kier molecular flexibility index (Phi) is 3.68. The van der Waals surface area contributed by atoms with Crippen molar-refractivity contribution in [2.75, 3.05) is 0 Å². The molecule has 0 saturated heterocycles. The fourth-order valence-corrected chi connectivity index (χ4v) is 1.33. The van der Waals surface area contributed by atoms with E-state index in [1.807, 2.05) is 26.8 Å². The van der Waals surface area contributed by atoms with Gasteiger partial charge in [-0.3, -0.25) is 0 Å². The van der Waals surface area contributed by atoms with Crippen molar-refractivity contribution in [3.63, 3.8) is 0 Å². The minimum atomic E-state index is 0. The number of hydrogen-bond donors (Lipinski definition) is 1. The van der Waals surface area contributed by atoms with Crippen LogP contribution in [0.4, 0.5) is 5.69 Å². The summed E-state index contributed by atoms with van der Waals surface area (Å²) in [5.74, 6) is 0. The highest BCUT2D eigenvalue weighted by Crippen LogP contribution is 2.26. The average Bonchev–Trinajstić information content (AvgIpc) is 1.97. The SMILES string of the molecule is Cc1cc([NH3+])c(C)c(C)c1Cl.[F-]. The molecule has 0 aliphatic carbocycles. The Balaban J connectivity index is 0.00000121. The lowest BCUT2D eigenvalue weighted by Crippen LogP contribution is -3.00. The molecule has 0 aromatic heterocycles. The molecule has 0 bridgehead atoms. The lowest BCUT2D eigenvalue weighted by Gasteiger charge is -2.06. The molecule has 68 valence electrons. The second-order valence-electron chi connectivity index (χ2n) is 2.92. The fourth-order valence-electron chi connectivity index (χ4n) is 1.13. The molecule has 0 unspecified atom stereocenters. The van der Waals surface area contributed by atoms with E-state index in [9.17, 15) is 0 Å². The molecule has 0 atom stereocenters. The molecule has 0 amide bonds. The Morgan fingerprint density at radius 1 is 1.17 bits per heavy atom. The van der Waals surface area contributed by atoms with Gasteiger partial charge in [-0.25, -0.2) is 0 Å². The van der Waals surface area contributed by atoms with Crippen molar-refractivity contribution in [2.24, 2.45) is 0 Å². The first-order valence-electron chi connectivity index (χ1n) is 3.62. The van der Waals surface area contributed by atoms with Crippen molar-refractivity contribution in [1.29, 1.82) is 0 Å². The van der Waals surface area contributed by atoms with Gasteiger partial charge in [-0.2, -0.15) is 0 Å². The third kappa shape index (κ3) is 1.76. The van der Waals surface area contributed by atoms with Crippen molar-refractivity contribution in [3.05, 3.63) is 27.8 Å². The number of quaternary nitrogens is 1. The zero-order valence-electron chi connectivity index (χ0n) is 7.54. The third-order valence-electron chi connectivity index (χ3n) is 2.11. The topological polar surface area (TPSA) is 27.6 Å². The molecular formula is C9H13ClFN. The fraction of sp³-hybridized carbons (Fsp3) is 0.333. The van der Waals surface area contributed by atoms with E-state index in [0.717, 1.165) is 21.8 Å². The van der Waals surface area contributed by atoms with Crippen LogP contribution in [-0.2, 0) is 0 Å². The van der Waals surface area contributed by atoms with Crippen LogP contribution in [0.15, 0.2) is 6.07 Å².